The summed E-state index contributed by atoms with van der Waals surface area (Å²) >= 11 is 5.93. The fraction of sp³-hybridized carbons (Fsp3) is 0.500. The number of halogens is 2. The summed E-state index contributed by atoms with van der Waals surface area (Å²) in [4.78, 5) is 17.4. The maximum Gasteiger partial charge on any atom is 0.222 e. The second-order valence-corrected chi connectivity index (χ2v) is 6.11. The summed E-state index contributed by atoms with van der Waals surface area (Å²) in [7, 11) is 3.48. The van der Waals surface area contributed by atoms with Gasteiger partial charge in [-0.1, -0.05) is 23.7 Å². The zero-order valence-corrected chi connectivity index (χ0v) is 16.9. The van der Waals surface area contributed by atoms with Crippen molar-refractivity contribution in [2.45, 2.75) is 25.0 Å². The van der Waals surface area contributed by atoms with E-state index in [1.54, 1.807) is 31.1 Å². The van der Waals surface area contributed by atoms with Crippen LogP contribution < -0.4 is 10.6 Å². The summed E-state index contributed by atoms with van der Waals surface area (Å²) in [5.74, 6) is 0.779. The fourth-order valence-electron chi connectivity index (χ4n) is 2.54. The molecule has 3 N–H and O–H groups in total. The Hall–Kier alpha value is -1.06. The summed E-state index contributed by atoms with van der Waals surface area (Å²) in [5, 5.41) is 17.2. The molecule has 0 radical (unpaired) electrons. The van der Waals surface area contributed by atoms with Crippen LogP contribution in [0.15, 0.2) is 29.3 Å². The van der Waals surface area contributed by atoms with Gasteiger partial charge in [-0.2, -0.15) is 0 Å². The maximum atomic E-state index is 11.5. The Morgan fingerprint density at radius 3 is 2.92 bits per heavy atom. The molecule has 24 heavy (non-hydrogen) atoms. The Balaban J connectivity index is 0.00000288. The molecule has 0 aromatic heterocycles. The Morgan fingerprint density at radius 1 is 1.54 bits per heavy atom. The number of nitrogens with one attached hydrogen (secondary N) is 2. The number of aliphatic imine (C=N–C) groups is 1. The van der Waals surface area contributed by atoms with Crippen molar-refractivity contribution < 1.29 is 9.90 Å². The molecule has 0 bridgehead atoms. The Morgan fingerprint density at radius 2 is 2.29 bits per heavy atom. The minimum absolute atomic E-state index is 0. The first-order chi connectivity index (χ1) is 11.0. The van der Waals surface area contributed by atoms with Gasteiger partial charge in [0, 0.05) is 44.7 Å². The van der Waals surface area contributed by atoms with E-state index in [9.17, 15) is 9.90 Å². The molecule has 2 rings (SSSR count). The highest BCUT2D eigenvalue weighted by Crippen LogP contribution is 2.17. The summed E-state index contributed by atoms with van der Waals surface area (Å²) in [5.41, 5.74) is 0.753. The molecule has 1 aromatic rings. The van der Waals surface area contributed by atoms with Crippen LogP contribution in [-0.4, -0.2) is 55.1 Å². The van der Waals surface area contributed by atoms with Gasteiger partial charge in [0.05, 0.1) is 6.10 Å². The highest BCUT2D eigenvalue weighted by Gasteiger charge is 2.23. The van der Waals surface area contributed by atoms with Crippen LogP contribution >= 0.6 is 35.6 Å². The predicted octanol–water partition coefficient (Wildman–Crippen LogP) is 1.78. The van der Waals surface area contributed by atoms with Gasteiger partial charge in [0.2, 0.25) is 5.91 Å². The number of aliphatic hydroxyl groups is 1. The molecule has 134 valence electrons. The number of likely N-dealkylation sites (N-methyl/N-ethyl adjacent to an activating group) is 1. The van der Waals surface area contributed by atoms with Crippen molar-refractivity contribution in [3.63, 3.8) is 0 Å². The number of guanidine groups is 1. The van der Waals surface area contributed by atoms with Gasteiger partial charge in [0.1, 0.15) is 0 Å². The smallest absolute Gasteiger partial charge is 0.222 e. The van der Waals surface area contributed by atoms with Crippen LogP contribution in [0.1, 0.15) is 24.5 Å². The molecule has 2 atom stereocenters. The average molecular weight is 467 g/mol. The summed E-state index contributed by atoms with van der Waals surface area (Å²) in [6.07, 6.45) is 0.639. The SMILES string of the molecule is CN=C(NCC(O)c1cccc(Cl)c1)NC1CCC(=O)N(C)C1.I. The van der Waals surface area contributed by atoms with Crippen molar-refractivity contribution >= 4 is 47.4 Å². The number of carbonyl (C=O) groups excluding carboxylic acids is 1. The van der Waals surface area contributed by atoms with E-state index < -0.39 is 6.10 Å². The number of hydrogen-bond donors (Lipinski definition) is 3. The second-order valence-electron chi connectivity index (χ2n) is 5.68. The van der Waals surface area contributed by atoms with Gasteiger partial charge in [-0.05, 0) is 24.1 Å². The van der Waals surface area contributed by atoms with E-state index in [0.29, 0.717) is 30.5 Å². The first kappa shape index (κ1) is 21.0. The molecule has 1 heterocycles. The Labute approximate surface area is 164 Å². The molecule has 1 aliphatic heterocycles. The van der Waals surface area contributed by atoms with Crippen molar-refractivity contribution in [2.24, 2.45) is 4.99 Å². The maximum absolute atomic E-state index is 11.5. The average Bonchev–Trinajstić information content (AvgIpc) is 2.54. The lowest BCUT2D eigenvalue weighted by atomic mass is 10.1. The van der Waals surface area contributed by atoms with Crippen LogP contribution in [0.3, 0.4) is 0 Å². The molecular formula is C16H24ClIN4O2. The molecule has 0 saturated carbocycles. The number of carbonyl (C=O) groups is 1. The number of amides is 1. The summed E-state index contributed by atoms with van der Waals surface area (Å²) in [6.45, 7) is 0.970. The van der Waals surface area contributed by atoms with Gasteiger partial charge in [0.15, 0.2) is 5.96 Å². The third-order valence-electron chi connectivity index (χ3n) is 3.89. The van der Waals surface area contributed by atoms with Crippen molar-refractivity contribution in [3.05, 3.63) is 34.9 Å². The predicted molar refractivity (Wildman–Crippen MR) is 107 cm³/mol. The molecule has 1 aromatic carbocycles. The van der Waals surface area contributed by atoms with Gasteiger partial charge < -0.3 is 20.6 Å². The number of piperidine rings is 1. The highest BCUT2D eigenvalue weighted by atomic mass is 127. The molecule has 1 aliphatic rings. The standard InChI is InChI=1S/C16H23ClN4O2.HI/c1-18-16(20-13-6-7-15(23)21(2)10-13)19-9-14(22)11-4-3-5-12(17)8-11;/h3-5,8,13-14,22H,6-7,9-10H2,1-2H3,(H2,18,19,20);1H. The minimum atomic E-state index is -0.678. The van der Waals surface area contributed by atoms with E-state index in [0.717, 1.165) is 12.0 Å². The minimum Gasteiger partial charge on any atom is -0.387 e. The van der Waals surface area contributed by atoms with E-state index >= 15 is 0 Å². The van der Waals surface area contributed by atoms with Crippen molar-refractivity contribution in [1.29, 1.82) is 0 Å². The van der Waals surface area contributed by atoms with Gasteiger partial charge in [0.25, 0.3) is 0 Å². The Kier molecular flexibility index (Phi) is 8.79. The second kappa shape index (κ2) is 10.0. The van der Waals surface area contributed by atoms with Crippen molar-refractivity contribution in [3.8, 4) is 0 Å². The number of aliphatic hydroxyl groups excluding tert-OH is 1. The monoisotopic (exact) mass is 466 g/mol. The molecule has 2 unspecified atom stereocenters. The molecule has 0 spiro atoms. The molecule has 0 aliphatic carbocycles. The van der Waals surface area contributed by atoms with Crippen LogP contribution in [-0.2, 0) is 4.79 Å². The third kappa shape index (κ3) is 6.10. The quantitative estimate of drug-likeness (QED) is 0.359. The number of likely N-dealkylation sites (tertiary alicyclic amines) is 1. The van der Waals surface area contributed by atoms with Crippen LogP contribution in [0.25, 0.3) is 0 Å². The van der Waals surface area contributed by atoms with Crippen LogP contribution in [0.4, 0.5) is 0 Å². The van der Waals surface area contributed by atoms with Gasteiger partial charge in [-0.25, -0.2) is 0 Å². The van der Waals surface area contributed by atoms with Crippen molar-refractivity contribution in [2.75, 3.05) is 27.2 Å². The molecule has 6 nitrogen and oxygen atoms in total. The molecule has 8 heteroatoms. The largest absolute Gasteiger partial charge is 0.387 e. The Bertz CT molecular complexity index is 585. The first-order valence-corrected chi connectivity index (χ1v) is 8.02. The summed E-state index contributed by atoms with van der Waals surface area (Å²) in [6, 6.07) is 7.31. The van der Waals surface area contributed by atoms with Crippen LogP contribution in [0.5, 0.6) is 0 Å². The van der Waals surface area contributed by atoms with E-state index in [4.69, 9.17) is 11.6 Å². The van der Waals surface area contributed by atoms with Gasteiger partial charge in [-0.3, -0.25) is 9.79 Å². The first-order valence-electron chi connectivity index (χ1n) is 7.64. The van der Waals surface area contributed by atoms with E-state index in [-0.39, 0.29) is 35.9 Å². The lowest BCUT2D eigenvalue weighted by molar-refractivity contribution is -0.132. The number of nitrogens with zero attached hydrogens (tertiary/aromatic N) is 2. The lowest BCUT2D eigenvalue weighted by Gasteiger charge is -2.31. The molecular weight excluding hydrogens is 443 g/mol. The third-order valence-corrected chi connectivity index (χ3v) is 4.12. The highest BCUT2D eigenvalue weighted by molar-refractivity contribution is 14.0. The van der Waals surface area contributed by atoms with E-state index in [1.807, 2.05) is 12.1 Å². The van der Waals surface area contributed by atoms with E-state index in [1.165, 1.54) is 0 Å². The number of hydrogen-bond acceptors (Lipinski definition) is 3. The van der Waals surface area contributed by atoms with Crippen molar-refractivity contribution in [1.82, 2.24) is 15.5 Å². The number of benzene rings is 1. The van der Waals surface area contributed by atoms with Gasteiger partial charge >= 0.3 is 0 Å². The summed E-state index contributed by atoms with van der Waals surface area (Å²) < 4.78 is 0. The number of rotatable bonds is 4. The zero-order valence-electron chi connectivity index (χ0n) is 13.8. The molecule has 1 fully saturated rings. The molecule has 1 saturated heterocycles. The zero-order chi connectivity index (χ0) is 16.8. The molecule has 1 amide bonds. The van der Waals surface area contributed by atoms with E-state index in [2.05, 4.69) is 15.6 Å². The topological polar surface area (TPSA) is 77.0 Å². The normalized spacial score (nSPS) is 19.5. The van der Waals surface area contributed by atoms with Gasteiger partial charge in [-0.15, -0.1) is 24.0 Å². The lowest BCUT2D eigenvalue weighted by Crippen LogP contribution is -2.52. The van der Waals surface area contributed by atoms with Crippen LogP contribution in [0, 0.1) is 0 Å². The van der Waals surface area contributed by atoms with Crippen LogP contribution in [0.2, 0.25) is 5.02 Å². The fourth-order valence-corrected chi connectivity index (χ4v) is 2.74.